The van der Waals surface area contributed by atoms with E-state index in [0.29, 0.717) is 12.5 Å². The van der Waals surface area contributed by atoms with Gasteiger partial charge in [0, 0.05) is 33.6 Å². The molecule has 0 aromatic rings. The molecule has 1 N–H and O–H groups in total. The lowest BCUT2D eigenvalue weighted by atomic mass is 9.88. The highest BCUT2D eigenvalue weighted by Gasteiger charge is 2.39. The van der Waals surface area contributed by atoms with Crippen LogP contribution in [0.4, 0.5) is 0 Å². The van der Waals surface area contributed by atoms with Gasteiger partial charge in [-0.25, -0.2) is 0 Å². The summed E-state index contributed by atoms with van der Waals surface area (Å²) in [6.07, 6.45) is 0.975. The first-order valence-corrected chi connectivity index (χ1v) is 6.94. The highest BCUT2D eigenvalue weighted by molar-refractivity contribution is 5.93. The molecular formula is C15H28N2O2. The number of nitrogens with one attached hydrogen (secondary N) is 1. The molecule has 0 spiro atoms. The van der Waals surface area contributed by atoms with Gasteiger partial charge in [0.15, 0.2) is 0 Å². The zero-order chi connectivity index (χ0) is 14.3. The molecule has 1 fully saturated rings. The van der Waals surface area contributed by atoms with Gasteiger partial charge in [0.05, 0.1) is 6.61 Å². The van der Waals surface area contributed by atoms with Crippen LogP contribution < -0.4 is 5.32 Å². The van der Waals surface area contributed by atoms with Gasteiger partial charge >= 0.3 is 0 Å². The molecule has 4 nitrogen and oxygen atoms in total. The lowest BCUT2D eigenvalue weighted by Gasteiger charge is -2.29. The van der Waals surface area contributed by atoms with Crippen molar-refractivity contribution in [2.45, 2.75) is 27.2 Å². The van der Waals surface area contributed by atoms with E-state index >= 15 is 0 Å². The van der Waals surface area contributed by atoms with Gasteiger partial charge in [0.1, 0.15) is 0 Å². The normalized spacial score (nSPS) is 22.5. The first-order valence-electron chi connectivity index (χ1n) is 6.94. The highest BCUT2D eigenvalue weighted by atomic mass is 16.5. The van der Waals surface area contributed by atoms with Crippen LogP contribution in [0.15, 0.2) is 0 Å². The van der Waals surface area contributed by atoms with Crippen LogP contribution in [0.3, 0.4) is 0 Å². The number of carbonyl (C=O) groups excluding carboxylic acids is 1. The Kier molecular flexibility index (Phi) is 6.33. The molecule has 0 radical (unpaired) electrons. The topological polar surface area (TPSA) is 41.6 Å². The van der Waals surface area contributed by atoms with Gasteiger partial charge in [-0.15, -0.1) is 0 Å². The molecule has 0 aliphatic carbocycles. The number of ether oxygens (including phenoxy) is 1. The monoisotopic (exact) mass is 268 g/mol. The Morgan fingerprint density at radius 2 is 2.32 bits per heavy atom. The molecule has 4 heteroatoms. The van der Waals surface area contributed by atoms with Crippen LogP contribution in [0.2, 0.25) is 0 Å². The van der Waals surface area contributed by atoms with E-state index in [4.69, 9.17) is 4.74 Å². The first kappa shape index (κ1) is 16.0. The molecule has 1 saturated heterocycles. The molecule has 1 amide bonds. The Morgan fingerprint density at radius 3 is 2.89 bits per heavy atom. The van der Waals surface area contributed by atoms with Crippen molar-refractivity contribution < 1.29 is 11.0 Å². The summed E-state index contributed by atoms with van der Waals surface area (Å²) in [5, 5.41) is 3.49. The zero-order valence-corrected chi connectivity index (χ0v) is 12.6. The fourth-order valence-corrected chi connectivity index (χ4v) is 2.54. The Bertz CT molecular complexity index is 363. The molecule has 0 saturated carbocycles. The molecule has 1 unspecified atom stereocenters. The maximum absolute atomic E-state index is 11.8. The summed E-state index contributed by atoms with van der Waals surface area (Å²) in [7, 11) is 1.72. The fourth-order valence-electron chi connectivity index (χ4n) is 2.54. The largest absolute Gasteiger partial charge is 0.384 e. The predicted octanol–water partition coefficient (Wildman–Crippen LogP) is 1.37. The van der Waals surface area contributed by atoms with Crippen molar-refractivity contribution in [3.05, 3.63) is 0 Å². The summed E-state index contributed by atoms with van der Waals surface area (Å²) in [5.74, 6) is 5.86. The number of nitrogens with zero attached hydrogens (tertiary/aromatic N) is 1. The Labute approximate surface area is 118 Å². The van der Waals surface area contributed by atoms with Crippen molar-refractivity contribution in [1.29, 1.82) is 0 Å². The van der Waals surface area contributed by atoms with Crippen LogP contribution in [0.25, 0.3) is 0 Å². The Morgan fingerprint density at radius 1 is 1.58 bits per heavy atom. The molecule has 1 aliphatic heterocycles. The second-order valence-corrected chi connectivity index (χ2v) is 5.81. The van der Waals surface area contributed by atoms with Gasteiger partial charge in [0.2, 0.25) is 0 Å². The van der Waals surface area contributed by atoms with E-state index in [9.17, 15) is 4.79 Å². The molecule has 1 atom stereocenters. The number of likely N-dealkylation sites (tertiary alicyclic amines) is 1. The maximum atomic E-state index is 11.8. The summed E-state index contributed by atoms with van der Waals surface area (Å²) in [4.78, 5) is 13.7. The SMILES string of the molecule is CC#CC(=O)N1CCC(CNCC(C)C)(COC)C1.[HH]. The molecule has 1 rings (SSSR count). The number of amides is 1. The minimum Gasteiger partial charge on any atom is -0.384 e. The van der Waals surface area contributed by atoms with Crippen LogP contribution in [-0.2, 0) is 9.53 Å². The minimum atomic E-state index is -0.0654. The van der Waals surface area contributed by atoms with E-state index in [0.717, 1.165) is 32.6 Å². The second-order valence-electron chi connectivity index (χ2n) is 5.81. The minimum absolute atomic E-state index is 0. The Hall–Kier alpha value is -1.05. The van der Waals surface area contributed by atoms with Crippen LogP contribution in [0.1, 0.15) is 28.6 Å². The van der Waals surface area contributed by atoms with E-state index < -0.39 is 0 Å². The third-order valence-electron chi connectivity index (χ3n) is 3.46. The number of hydrogen-bond donors (Lipinski definition) is 1. The Balaban J connectivity index is 0.00000361. The molecule has 1 heterocycles. The van der Waals surface area contributed by atoms with Gasteiger partial charge in [0.25, 0.3) is 5.91 Å². The maximum Gasteiger partial charge on any atom is 0.298 e. The quantitative estimate of drug-likeness (QED) is 0.740. The van der Waals surface area contributed by atoms with Crippen LogP contribution >= 0.6 is 0 Å². The summed E-state index contributed by atoms with van der Waals surface area (Å²) in [6, 6.07) is 0. The smallest absolute Gasteiger partial charge is 0.298 e. The van der Waals surface area contributed by atoms with Gasteiger partial charge in [-0.2, -0.15) is 0 Å². The number of carbonyl (C=O) groups is 1. The summed E-state index contributed by atoms with van der Waals surface area (Å²) < 4.78 is 5.36. The van der Waals surface area contributed by atoms with E-state index in [2.05, 4.69) is 31.0 Å². The van der Waals surface area contributed by atoms with Crippen molar-refractivity contribution in [3.63, 3.8) is 0 Å². The lowest BCUT2D eigenvalue weighted by Crippen LogP contribution is -2.42. The van der Waals surface area contributed by atoms with E-state index in [-0.39, 0.29) is 12.7 Å². The average molecular weight is 268 g/mol. The van der Waals surface area contributed by atoms with Crippen molar-refractivity contribution in [1.82, 2.24) is 10.2 Å². The third-order valence-corrected chi connectivity index (χ3v) is 3.46. The third kappa shape index (κ3) is 4.85. The van der Waals surface area contributed by atoms with Crippen molar-refractivity contribution in [3.8, 4) is 11.8 Å². The van der Waals surface area contributed by atoms with Crippen LogP contribution in [0.5, 0.6) is 0 Å². The predicted molar refractivity (Wildman–Crippen MR) is 78.8 cm³/mol. The lowest BCUT2D eigenvalue weighted by molar-refractivity contribution is -0.124. The molecule has 0 aromatic heterocycles. The van der Waals surface area contributed by atoms with Gasteiger partial charge in [-0.1, -0.05) is 19.8 Å². The molecule has 110 valence electrons. The first-order chi connectivity index (χ1) is 9.03. The van der Waals surface area contributed by atoms with Crippen LogP contribution in [0, 0.1) is 23.2 Å². The summed E-state index contributed by atoms with van der Waals surface area (Å²) in [5.41, 5.74) is 0.0364. The van der Waals surface area contributed by atoms with Crippen molar-refractivity contribution in [2.24, 2.45) is 11.3 Å². The van der Waals surface area contributed by atoms with Crippen molar-refractivity contribution >= 4 is 5.91 Å². The molecular weight excluding hydrogens is 240 g/mol. The number of hydrogen-bond acceptors (Lipinski definition) is 3. The van der Waals surface area contributed by atoms with Crippen molar-refractivity contribution in [2.75, 3.05) is 39.9 Å². The zero-order valence-electron chi connectivity index (χ0n) is 12.6. The fraction of sp³-hybridized carbons (Fsp3) is 0.800. The molecule has 0 aromatic carbocycles. The van der Waals surface area contributed by atoms with E-state index in [1.165, 1.54) is 0 Å². The van der Waals surface area contributed by atoms with E-state index in [1.54, 1.807) is 14.0 Å². The van der Waals surface area contributed by atoms with Gasteiger partial charge in [-0.05, 0) is 31.7 Å². The molecule has 19 heavy (non-hydrogen) atoms. The summed E-state index contributed by atoms with van der Waals surface area (Å²) in [6.45, 7) is 10.2. The molecule has 0 bridgehead atoms. The molecule has 1 aliphatic rings. The van der Waals surface area contributed by atoms with E-state index in [1.807, 2.05) is 4.90 Å². The second kappa shape index (κ2) is 7.52. The summed E-state index contributed by atoms with van der Waals surface area (Å²) >= 11 is 0. The number of rotatable bonds is 6. The number of methoxy groups -OCH3 is 1. The standard InChI is InChI=1S/C15H26N2O2.H2/c1-5-6-14(18)17-8-7-15(11-17,12-19-4)10-16-9-13(2)3;/h13,16H,7-12H2,1-4H3;1H. The van der Waals surface area contributed by atoms with Crippen LogP contribution in [-0.4, -0.2) is 50.7 Å². The highest BCUT2D eigenvalue weighted by Crippen LogP contribution is 2.30. The van der Waals surface area contributed by atoms with Gasteiger partial charge in [-0.3, -0.25) is 4.79 Å². The van der Waals surface area contributed by atoms with Gasteiger partial charge < -0.3 is 15.0 Å². The average Bonchev–Trinajstić information content (AvgIpc) is 2.74.